The van der Waals surface area contributed by atoms with E-state index in [4.69, 9.17) is 9.47 Å². The van der Waals surface area contributed by atoms with Gasteiger partial charge in [0.1, 0.15) is 0 Å². The van der Waals surface area contributed by atoms with Crippen molar-refractivity contribution in [1.29, 1.82) is 0 Å². The average Bonchev–Trinajstić information content (AvgIpc) is 3.48. The van der Waals surface area contributed by atoms with Gasteiger partial charge in [-0.2, -0.15) is 0 Å². The lowest BCUT2D eigenvalue weighted by atomic mass is 10.1. The fourth-order valence-electron chi connectivity index (χ4n) is 3.27. The number of fused-ring (bicyclic) bond motifs is 1. The molecule has 0 bridgehead atoms. The summed E-state index contributed by atoms with van der Waals surface area (Å²) < 4.78 is 10.7. The highest BCUT2D eigenvalue weighted by Crippen LogP contribution is 2.32. The van der Waals surface area contributed by atoms with Gasteiger partial charge < -0.3 is 30.3 Å². The Bertz CT molecular complexity index is 1020. The number of hydrogen-bond donors (Lipinski definition) is 3. The first kappa shape index (κ1) is 21.5. The molecule has 168 valence electrons. The number of nitrogens with zero attached hydrogens (tertiary/aromatic N) is 1. The van der Waals surface area contributed by atoms with Crippen molar-refractivity contribution in [3.8, 4) is 11.5 Å². The Kier molecular flexibility index (Phi) is 6.44. The van der Waals surface area contributed by atoms with Crippen LogP contribution < -0.4 is 25.4 Å². The Morgan fingerprint density at radius 1 is 1.06 bits per heavy atom. The fraction of sp³-hybridized carbons (Fsp3) is 0.348. The maximum atomic E-state index is 12.7. The van der Waals surface area contributed by atoms with Gasteiger partial charge in [-0.05, 0) is 42.7 Å². The van der Waals surface area contributed by atoms with Crippen LogP contribution >= 0.6 is 0 Å². The van der Waals surface area contributed by atoms with Gasteiger partial charge in [0.15, 0.2) is 11.5 Å². The lowest BCUT2D eigenvalue weighted by molar-refractivity contribution is -0.133. The van der Waals surface area contributed by atoms with Gasteiger partial charge in [0.2, 0.25) is 18.6 Å². The minimum Gasteiger partial charge on any atom is -0.454 e. The number of anilines is 1. The lowest BCUT2D eigenvalue weighted by Gasteiger charge is -2.18. The van der Waals surface area contributed by atoms with Crippen LogP contribution in [0, 0.1) is 0 Å². The summed E-state index contributed by atoms with van der Waals surface area (Å²) in [5, 5.41) is 8.75. The maximum Gasteiger partial charge on any atom is 0.253 e. The highest BCUT2D eigenvalue weighted by molar-refractivity contribution is 6.00. The Labute approximate surface area is 186 Å². The van der Waals surface area contributed by atoms with Crippen LogP contribution in [0.25, 0.3) is 0 Å². The molecule has 0 saturated heterocycles. The van der Waals surface area contributed by atoms with Crippen LogP contribution in [0.5, 0.6) is 11.5 Å². The molecule has 3 amide bonds. The third-order valence-electron chi connectivity index (χ3n) is 5.24. The molecule has 1 heterocycles. The largest absolute Gasteiger partial charge is 0.454 e. The molecule has 0 spiro atoms. The minimum atomic E-state index is -0.268. The van der Waals surface area contributed by atoms with Crippen molar-refractivity contribution in [3.05, 3.63) is 53.6 Å². The summed E-state index contributed by atoms with van der Waals surface area (Å²) >= 11 is 0. The van der Waals surface area contributed by atoms with E-state index >= 15 is 0 Å². The van der Waals surface area contributed by atoms with E-state index < -0.39 is 0 Å². The molecule has 1 aliphatic carbocycles. The molecule has 0 atom stereocenters. The molecule has 1 aliphatic heterocycles. The third kappa shape index (κ3) is 5.48. The Morgan fingerprint density at radius 2 is 1.84 bits per heavy atom. The molecule has 2 aliphatic rings. The summed E-state index contributed by atoms with van der Waals surface area (Å²) in [6.07, 6.45) is 2.00. The van der Waals surface area contributed by atoms with Crippen molar-refractivity contribution in [2.75, 3.05) is 32.2 Å². The summed E-state index contributed by atoms with van der Waals surface area (Å²) in [5.74, 6) is 0.676. The third-order valence-corrected chi connectivity index (χ3v) is 5.24. The molecule has 1 saturated carbocycles. The number of para-hydroxylation sites is 1. The maximum absolute atomic E-state index is 12.7. The van der Waals surface area contributed by atoms with Crippen LogP contribution in [0.2, 0.25) is 0 Å². The first-order valence-corrected chi connectivity index (χ1v) is 10.5. The number of amides is 3. The number of ether oxygens (including phenoxy) is 2. The first-order chi connectivity index (χ1) is 15.5. The zero-order chi connectivity index (χ0) is 22.5. The van der Waals surface area contributed by atoms with E-state index in [-0.39, 0.29) is 43.6 Å². The molecule has 2 aromatic rings. The van der Waals surface area contributed by atoms with Gasteiger partial charge in [0.25, 0.3) is 5.91 Å². The van der Waals surface area contributed by atoms with Gasteiger partial charge in [-0.3, -0.25) is 14.4 Å². The Morgan fingerprint density at radius 3 is 2.66 bits per heavy atom. The minimum absolute atomic E-state index is 0.00861. The van der Waals surface area contributed by atoms with E-state index in [1.54, 1.807) is 31.3 Å². The summed E-state index contributed by atoms with van der Waals surface area (Å²) in [6.45, 7) is 0.499. The zero-order valence-corrected chi connectivity index (χ0v) is 17.8. The summed E-state index contributed by atoms with van der Waals surface area (Å²) in [4.78, 5) is 38.4. The monoisotopic (exact) mass is 438 g/mol. The van der Waals surface area contributed by atoms with Crippen molar-refractivity contribution in [2.24, 2.45) is 0 Å². The number of hydrogen-bond acceptors (Lipinski definition) is 6. The molecular weight excluding hydrogens is 412 g/mol. The molecule has 9 heteroatoms. The molecule has 3 N–H and O–H groups in total. The smallest absolute Gasteiger partial charge is 0.253 e. The van der Waals surface area contributed by atoms with Gasteiger partial charge in [-0.15, -0.1) is 0 Å². The van der Waals surface area contributed by atoms with Crippen molar-refractivity contribution in [3.63, 3.8) is 0 Å². The van der Waals surface area contributed by atoms with E-state index in [2.05, 4.69) is 16.0 Å². The van der Waals surface area contributed by atoms with Crippen LogP contribution in [0.15, 0.2) is 42.5 Å². The van der Waals surface area contributed by atoms with Gasteiger partial charge in [-0.1, -0.05) is 18.2 Å². The molecular formula is C23H26N4O5. The second-order valence-corrected chi connectivity index (χ2v) is 7.86. The van der Waals surface area contributed by atoms with Crippen LogP contribution in [-0.4, -0.2) is 55.6 Å². The number of benzene rings is 2. The molecule has 32 heavy (non-hydrogen) atoms. The molecule has 1 fully saturated rings. The van der Waals surface area contributed by atoms with E-state index in [0.29, 0.717) is 29.3 Å². The molecule has 2 aromatic carbocycles. The molecule has 0 aromatic heterocycles. The van der Waals surface area contributed by atoms with Crippen molar-refractivity contribution in [2.45, 2.75) is 25.4 Å². The number of nitrogens with one attached hydrogen (secondary N) is 3. The average molecular weight is 438 g/mol. The molecule has 0 unspecified atom stereocenters. The number of carbonyl (C=O) groups excluding carboxylic acids is 3. The number of rotatable bonds is 9. The van der Waals surface area contributed by atoms with E-state index in [0.717, 1.165) is 18.4 Å². The highest BCUT2D eigenvalue weighted by Gasteiger charge is 2.24. The van der Waals surface area contributed by atoms with Crippen molar-refractivity contribution in [1.82, 2.24) is 15.5 Å². The van der Waals surface area contributed by atoms with Crippen LogP contribution in [0.4, 0.5) is 5.69 Å². The SMILES string of the molecule is CN(CC(=O)NC1CC1)C(=O)CNc1ccccc1C(=O)NCc1ccc2c(c1)OCO2. The summed E-state index contributed by atoms with van der Waals surface area (Å²) in [7, 11) is 1.58. The lowest BCUT2D eigenvalue weighted by Crippen LogP contribution is -2.41. The predicted molar refractivity (Wildman–Crippen MR) is 117 cm³/mol. The van der Waals surface area contributed by atoms with E-state index in [1.807, 2.05) is 18.2 Å². The zero-order valence-electron chi connectivity index (χ0n) is 17.8. The van der Waals surface area contributed by atoms with Gasteiger partial charge >= 0.3 is 0 Å². The second kappa shape index (κ2) is 9.59. The molecule has 9 nitrogen and oxygen atoms in total. The Hall–Kier alpha value is -3.75. The normalized spacial score (nSPS) is 13.9. The second-order valence-electron chi connectivity index (χ2n) is 7.86. The summed E-state index contributed by atoms with van der Waals surface area (Å²) in [5.41, 5.74) is 1.85. The first-order valence-electron chi connectivity index (χ1n) is 10.5. The highest BCUT2D eigenvalue weighted by atomic mass is 16.7. The van der Waals surface area contributed by atoms with Crippen molar-refractivity contribution < 1.29 is 23.9 Å². The number of likely N-dealkylation sites (N-methyl/N-ethyl adjacent to an activating group) is 1. The fourth-order valence-corrected chi connectivity index (χ4v) is 3.27. The predicted octanol–water partition coefficient (Wildman–Crippen LogP) is 1.49. The number of carbonyl (C=O) groups is 3. The summed E-state index contributed by atoms with van der Waals surface area (Å²) in [6, 6.07) is 12.7. The van der Waals surface area contributed by atoms with Crippen LogP contribution in [0.3, 0.4) is 0 Å². The van der Waals surface area contributed by atoms with Crippen LogP contribution in [0.1, 0.15) is 28.8 Å². The molecule has 0 radical (unpaired) electrons. The van der Waals surface area contributed by atoms with E-state index in [9.17, 15) is 14.4 Å². The van der Waals surface area contributed by atoms with Crippen molar-refractivity contribution >= 4 is 23.4 Å². The quantitative estimate of drug-likeness (QED) is 0.548. The Balaban J connectivity index is 1.30. The standard InChI is InChI=1S/C23H26N4O5/c1-27(13-21(28)26-16-7-8-16)22(29)12-24-18-5-3-2-4-17(18)23(30)25-11-15-6-9-19-20(10-15)32-14-31-19/h2-6,9-10,16,24H,7-8,11-14H2,1H3,(H,25,30)(H,26,28). The topological polar surface area (TPSA) is 109 Å². The van der Waals surface area contributed by atoms with Gasteiger partial charge in [-0.25, -0.2) is 0 Å². The van der Waals surface area contributed by atoms with Gasteiger partial charge in [0.05, 0.1) is 18.7 Å². The van der Waals surface area contributed by atoms with Gasteiger partial charge in [0, 0.05) is 25.3 Å². The van der Waals surface area contributed by atoms with E-state index in [1.165, 1.54) is 4.90 Å². The van der Waals surface area contributed by atoms with Crippen LogP contribution in [-0.2, 0) is 16.1 Å². The molecule has 4 rings (SSSR count).